The molecule has 2 aromatic carbocycles. The summed E-state index contributed by atoms with van der Waals surface area (Å²) in [6.07, 6.45) is 0. The number of ether oxygens (including phenoxy) is 1. The van der Waals surface area contributed by atoms with Crippen LogP contribution in [0.4, 0.5) is 5.13 Å². The van der Waals surface area contributed by atoms with Gasteiger partial charge < -0.3 is 14.5 Å². The first-order valence-electron chi connectivity index (χ1n) is 10.2. The SMILES string of the molecule is COc1cc(C)c(C)cc1S(=O)(=O)Nc1nc2ccc(C(=O)N3CCN(C)CC3)cc2s1. The molecule has 0 unspecified atom stereocenters. The first kappa shape index (κ1) is 22.5. The van der Waals surface area contributed by atoms with Gasteiger partial charge in [0.15, 0.2) is 5.13 Å². The molecule has 1 fully saturated rings. The van der Waals surface area contributed by atoms with Crippen LogP contribution in [-0.4, -0.2) is 69.4 Å². The molecule has 1 saturated heterocycles. The minimum Gasteiger partial charge on any atom is -0.495 e. The zero-order valence-electron chi connectivity index (χ0n) is 18.5. The fraction of sp³-hybridized carbons (Fsp3) is 0.364. The van der Waals surface area contributed by atoms with E-state index in [2.05, 4.69) is 14.6 Å². The molecule has 0 atom stereocenters. The van der Waals surface area contributed by atoms with E-state index in [0.29, 0.717) is 24.2 Å². The second kappa shape index (κ2) is 8.68. The molecule has 2 heterocycles. The summed E-state index contributed by atoms with van der Waals surface area (Å²) in [6.45, 7) is 6.84. The van der Waals surface area contributed by atoms with Crippen LogP contribution in [0.3, 0.4) is 0 Å². The number of rotatable bonds is 5. The molecule has 0 aliphatic carbocycles. The Morgan fingerprint density at radius 1 is 1.09 bits per heavy atom. The maximum Gasteiger partial charge on any atom is 0.267 e. The second-order valence-corrected chi connectivity index (χ2v) is 10.7. The highest BCUT2D eigenvalue weighted by Gasteiger charge is 2.24. The summed E-state index contributed by atoms with van der Waals surface area (Å²) >= 11 is 1.20. The Morgan fingerprint density at radius 3 is 2.47 bits per heavy atom. The Balaban J connectivity index is 1.60. The number of thiazole rings is 1. The highest BCUT2D eigenvalue weighted by molar-refractivity contribution is 7.93. The van der Waals surface area contributed by atoms with Crippen molar-refractivity contribution in [3.63, 3.8) is 0 Å². The highest BCUT2D eigenvalue weighted by Crippen LogP contribution is 2.32. The molecule has 0 radical (unpaired) electrons. The average Bonchev–Trinajstić information content (AvgIpc) is 3.15. The summed E-state index contributed by atoms with van der Waals surface area (Å²) < 4.78 is 34.7. The fourth-order valence-corrected chi connectivity index (χ4v) is 5.97. The summed E-state index contributed by atoms with van der Waals surface area (Å²) in [5.74, 6) is 0.261. The van der Waals surface area contributed by atoms with Gasteiger partial charge in [0.05, 0.1) is 17.3 Å². The Labute approximate surface area is 191 Å². The van der Waals surface area contributed by atoms with Gasteiger partial charge >= 0.3 is 0 Å². The number of amides is 1. The zero-order valence-corrected chi connectivity index (χ0v) is 20.1. The standard InChI is InChI=1S/C22H26N4O4S2/c1-14-11-18(30-4)20(12-15(14)2)32(28,29)24-22-23-17-6-5-16(13-19(17)31-22)21(27)26-9-7-25(3)8-10-26/h5-6,11-13H,7-10H2,1-4H3,(H,23,24). The topological polar surface area (TPSA) is 91.8 Å². The second-order valence-electron chi connectivity index (χ2n) is 7.99. The lowest BCUT2D eigenvalue weighted by molar-refractivity contribution is 0.0664. The summed E-state index contributed by atoms with van der Waals surface area (Å²) in [6, 6.07) is 8.58. The smallest absolute Gasteiger partial charge is 0.267 e. The first-order chi connectivity index (χ1) is 15.2. The van der Waals surface area contributed by atoms with Crippen LogP contribution in [0.15, 0.2) is 35.2 Å². The lowest BCUT2D eigenvalue weighted by Gasteiger charge is -2.32. The van der Waals surface area contributed by atoms with Gasteiger partial charge in [0, 0.05) is 31.7 Å². The van der Waals surface area contributed by atoms with Crippen LogP contribution >= 0.6 is 11.3 Å². The summed E-state index contributed by atoms with van der Waals surface area (Å²) in [7, 11) is -0.412. The number of methoxy groups -OCH3 is 1. The van der Waals surface area contributed by atoms with Crippen molar-refractivity contribution >= 4 is 42.6 Å². The van der Waals surface area contributed by atoms with E-state index in [1.807, 2.05) is 25.8 Å². The highest BCUT2D eigenvalue weighted by atomic mass is 32.2. The third kappa shape index (κ3) is 4.43. The molecule has 3 aromatic rings. The quantitative estimate of drug-likeness (QED) is 0.611. The molecular formula is C22H26N4O4S2. The van der Waals surface area contributed by atoms with Gasteiger partial charge in [0.1, 0.15) is 10.6 Å². The third-order valence-electron chi connectivity index (χ3n) is 5.72. The van der Waals surface area contributed by atoms with Gasteiger partial charge in [0.25, 0.3) is 15.9 Å². The van der Waals surface area contributed by atoms with E-state index in [1.54, 1.807) is 30.3 Å². The van der Waals surface area contributed by atoms with Gasteiger partial charge in [-0.3, -0.25) is 9.52 Å². The number of likely N-dealkylation sites (N-methyl/N-ethyl adjacent to an activating group) is 1. The third-order valence-corrected chi connectivity index (χ3v) is 8.14. The van der Waals surface area contributed by atoms with E-state index >= 15 is 0 Å². The van der Waals surface area contributed by atoms with Gasteiger partial charge in [-0.05, 0) is 62.4 Å². The molecule has 1 amide bonds. The lowest BCUT2D eigenvalue weighted by atomic mass is 10.1. The van der Waals surface area contributed by atoms with Crippen LogP contribution in [0, 0.1) is 13.8 Å². The molecule has 4 rings (SSSR count). The van der Waals surface area contributed by atoms with Crippen LogP contribution in [0.5, 0.6) is 5.75 Å². The zero-order chi connectivity index (χ0) is 23.0. The Morgan fingerprint density at radius 2 is 1.78 bits per heavy atom. The maximum absolute atomic E-state index is 13.0. The molecule has 8 nitrogen and oxygen atoms in total. The molecule has 1 N–H and O–H groups in total. The molecule has 0 bridgehead atoms. The Kier molecular flexibility index (Phi) is 6.11. The van der Waals surface area contributed by atoms with Gasteiger partial charge in [-0.1, -0.05) is 11.3 Å². The number of benzene rings is 2. The number of carbonyl (C=O) groups is 1. The first-order valence-corrected chi connectivity index (χ1v) is 12.5. The Bertz CT molecular complexity index is 1280. The summed E-state index contributed by atoms with van der Waals surface area (Å²) in [4.78, 5) is 21.4. The predicted molar refractivity (Wildman–Crippen MR) is 126 cm³/mol. The lowest BCUT2D eigenvalue weighted by Crippen LogP contribution is -2.47. The molecule has 10 heteroatoms. The minimum absolute atomic E-state index is 0.0182. The molecular weight excluding hydrogens is 448 g/mol. The number of aryl methyl sites for hydroxylation is 2. The number of anilines is 1. The van der Waals surface area contributed by atoms with Crippen LogP contribution in [0.2, 0.25) is 0 Å². The van der Waals surface area contributed by atoms with E-state index < -0.39 is 10.0 Å². The summed E-state index contributed by atoms with van der Waals surface area (Å²) in [5, 5.41) is 0.240. The van der Waals surface area contributed by atoms with Crippen molar-refractivity contribution in [2.45, 2.75) is 18.7 Å². The predicted octanol–water partition coefficient (Wildman–Crippen LogP) is 3.11. The fourth-order valence-electron chi connectivity index (χ4n) is 3.60. The van der Waals surface area contributed by atoms with E-state index in [4.69, 9.17) is 4.74 Å². The van der Waals surface area contributed by atoms with Crippen LogP contribution in [0.1, 0.15) is 21.5 Å². The van der Waals surface area contributed by atoms with Crippen LogP contribution in [-0.2, 0) is 10.0 Å². The molecule has 170 valence electrons. The molecule has 0 spiro atoms. The minimum atomic E-state index is -3.90. The largest absolute Gasteiger partial charge is 0.495 e. The van der Waals surface area contributed by atoms with E-state index in [-0.39, 0.29) is 21.7 Å². The summed E-state index contributed by atoms with van der Waals surface area (Å²) in [5.41, 5.74) is 3.01. The van der Waals surface area contributed by atoms with Crippen molar-refractivity contribution in [1.29, 1.82) is 0 Å². The normalized spacial score (nSPS) is 15.2. The van der Waals surface area contributed by atoms with Crippen molar-refractivity contribution in [1.82, 2.24) is 14.8 Å². The number of fused-ring (bicyclic) bond motifs is 1. The number of piperazine rings is 1. The van der Waals surface area contributed by atoms with Crippen molar-refractivity contribution in [2.75, 3.05) is 45.1 Å². The number of aromatic nitrogens is 1. The van der Waals surface area contributed by atoms with Crippen molar-refractivity contribution in [3.8, 4) is 5.75 Å². The maximum atomic E-state index is 13.0. The van der Waals surface area contributed by atoms with Crippen LogP contribution < -0.4 is 9.46 Å². The Hall–Kier alpha value is -2.69. The van der Waals surface area contributed by atoms with Gasteiger partial charge in [-0.25, -0.2) is 13.4 Å². The number of nitrogens with zero attached hydrogens (tertiary/aromatic N) is 3. The molecule has 32 heavy (non-hydrogen) atoms. The van der Waals surface area contributed by atoms with Crippen molar-refractivity contribution in [3.05, 3.63) is 47.0 Å². The number of hydrogen-bond acceptors (Lipinski definition) is 7. The molecule has 1 aliphatic rings. The van der Waals surface area contributed by atoms with Crippen LogP contribution in [0.25, 0.3) is 10.2 Å². The van der Waals surface area contributed by atoms with E-state index in [1.165, 1.54) is 18.4 Å². The van der Waals surface area contributed by atoms with Gasteiger partial charge in [0.2, 0.25) is 0 Å². The van der Waals surface area contributed by atoms with Gasteiger partial charge in [-0.2, -0.15) is 0 Å². The molecule has 0 saturated carbocycles. The number of nitrogens with one attached hydrogen (secondary N) is 1. The average molecular weight is 475 g/mol. The molecule has 1 aromatic heterocycles. The number of sulfonamides is 1. The van der Waals surface area contributed by atoms with Crippen molar-refractivity contribution in [2.24, 2.45) is 0 Å². The van der Waals surface area contributed by atoms with Crippen molar-refractivity contribution < 1.29 is 17.9 Å². The van der Waals surface area contributed by atoms with E-state index in [0.717, 1.165) is 28.9 Å². The number of hydrogen-bond donors (Lipinski definition) is 1. The van der Waals surface area contributed by atoms with E-state index in [9.17, 15) is 13.2 Å². The monoisotopic (exact) mass is 474 g/mol. The van der Waals surface area contributed by atoms with Gasteiger partial charge in [-0.15, -0.1) is 0 Å². The number of carbonyl (C=O) groups excluding carboxylic acids is 1. The molecule has 1 aliphatic heterocycles.